The lowest BCUT2D eigenvalue weighted by molar-refractivity contribution is -0.129. The van der Waals surface area contributed by atoms with Crippen LogP contribution in [0.2, 0.25) is 0 Å². The third-order valence-corrected chi connectivity index (χ3v) is 5.21. The van der Waals surface area contributed by atoms with E-state index in [1.54, 1.807) is 0 Å². The standard InChI is InChI=1S/C15H24Cl2F2N2O/c16-7-13(20-5-1-3-11(18)9-20)15(22)14(8-17)21-6-2-4-12(19)10-21/h11-14H,1-10H2. The lowest BCUT2D eigenvalue weighted by Crippen LogP contribution is -2.57. The van der Waals surface area contributed by atoms with E-state index in [2.05, 4.69) is 0 Å². The van der Waals surface area contributed by atoms with E-state index in [0.29, 0.717) is 25.9 Å². The molecule has 2 rings (SSSR count). The fourth-order valence-corrected chi connectivity index (χ4v) is 4.10. The van der Waals surface area contributed by atoms with Crippen molar-refractivity contribution in [2.75, 3.05) is 37.9 Å². The van der Waals surface area contributed by atoms with E-state index >= 15 is 0 Å². The van der Waals surface area contributed by atoms with E-state index < -0.39 is 24.4 Å². The summed E-state index contributed by atoms with van der Waals surface area (Å²) < 4.78 is 27.2. The van der Waals surface area contributed by atoms with Crippen molar-refractivity contribution < 1.29 is 13.6 Å². The molecule has 2 aliphatic rings. The number of piperidine rings is 2. The predicted molar refractivity (Wildman–Crippen MR) is 85.4 cm³/mol. The molecule has 2 saturated heterocycles. The first-order valence-electron chi connectivity index (χ1n) is 7.98. The summed E-state index contributed by atoms with van der Waals surface area (Å²) in [6, 6.07) is -1.08. The van der Waals surface area contributed by atoms with Gasteiger partial charge in [-0.2, -0.15) is 0 Å². The van der Waals surface area contributed by atoms with Gasteiger partial charge in [-0.3, -0.25) is 14.6 Å². The summed E-state index contributed by atoms with van der Waals surface area (Å²) in [5.74, 6) is 0.130. The number of Topliss-reactive ketones (excluding diaryl/α,β-unsaturated/α-hetero) is 1. The zero-order valence-electron chi connectivity index (χ0n) is 12.7. The fourth-order valence-electron chi connectivity index (χ4n) is 3.40. The number of alkyl halides is 4. The van der Waals surface area contributed by atoms with Gasteiger partial charge in [0.15, 0.2) is 5.78 Å². The molecular weight excluding hydrogens is 333 g/mol. The summed E-state index contributed by atoms with van der Waals surface area (Å²) in [4.78, 5) is 16.5. The quantitative estimate of drug-likeness (QED) is 0.683. The monoisotopic (exact) mass is 356 g/mol. The van der Waals surface area contributed by atoms with Crippen LogP contribution in [0.25, 0.3) is 0 Å². The van der Waals surface area contributed by atoms with E-state index in [1.165, 1.54) is 0 Å². The van der Waals surface area contributed by atoms with Crippen LogP contribution in [0.3, 0.4) is 0 Å². The molecule has 0 spiro atoms. The average molecular weight is 357 g/mol. The molecule has 22 heavy (non-hydrogen) atoms. The molecule has 4 unspecified atom stereocenters. The van der Waals surface area contributed by atoms with Gasteiger partial charge in [-0.1, -0.05) is 0 Å². The van der Waals surface area contributed by atoms with Crippen molar-refractivity contribution in [2.24, 2.45) is 0 Å². The number of rotatable bonds is 6. The zero-order valence-corrected chi connectivity index (χ0v) is 14.2. The van der Waals surface area contributed by atoms with E-state index in [4.69, 9.17) is 23.2 Å². The van der Waals surface area contributed by atoms with Crippen molar-refractivity contribution in [1.29, 1.82) is 0 Å². The molecule has 0 bridgehead atoms. The smallest absolute Gasteiger partial charge is 0.169 e. The van der Waals surface area contributed by atoms with E-state index in [9.17, 15) is 13.6 Å². The number of ketones is 1. The fraction of sp³-hybridized carbons (Fsp3) is 0.933. The molecular formula is C15H24Cl2F2N2O. The Morgan fingerprint density at radius 2 is 1.36 bits per heavy atom. The molecule has 2 heterocycles. The van der Waals surface area contributed by atoms with Gasteiger partial charge in [0.05, 0.1) is 12.1 Å². The molecule has 0 saturated carbocycles. The molecule has 0 amide bonds. The van der Waals surface area contributed by atoms with Gasteiger partial charge in [-0.15, -0.1) is 23.2 Å². The molecule has 0 aliphatic carbocycles. The van der Waals surface area contributed by atoms with Crippen LogP contribution in [-0.2, 0) is 4.79 Å². The first kappa shape index (κ1) is 18.4. The van der Waals surface area contributed by atoms with E-state index in [0.717, 1.165) is 12.8 Å². The maximum Gasteiger partial charge on any atom is 0.169 e. The molecule has 2 aliphatic heterocycles. The van der Waals surface area contributed by atoms with Crippen LogP contribution in [0.5, 0.6) is 0 Å². The topological polar surface area (TPSA) is 23.6 Å². The first-order chi connectivity index (χ1) is 10.6. The lowest BCUT2D eigenvalue weighted by Gasteiger charge is -2.39. The van der Waals surface area contributed by atoms with Crippen LogP contribution in [0.15, 0.2) is 0 Å². The van der Waals surface area contributed by atoms with Crippen LogP contribution < -0.4 is 0 Å². The molecule has 128 valence electrons. The molecule has 0 aromatic rings. The molecule has 7 heteroatoms. The maximum absolute atomic E-state index is 13.6. The van der Waals surface area contributed by atoms with Crippen molar-refractivity contribution in [3.63, 3.8) is 0 Å². The Morgan fingerprint density at radius 1 is 0.955 bits per heavy atom. The van der Waals surface area contributed by atoms with Crippen LogP contribution in [0.4, 0.5) is 8.78 Å². The van der Waals surface area contributed by atoms with Gasteiger partial charge in [0.25, 0.3) is 0 Å². The third kappa shape index (κ3) is 4.53. The summed E-state index contributed by atoms with van der Waals surface area (Å²) in [5.41, 5.74) is 0. The first-order valence-corrected chi connectivity index (χ1v) is 9.05. The van der Waals surface area contributed by atoms with Crippen LogP contribution in [0, 0.1) is 0 Å². The molecule has 4 atom stereocenters. The van der Waals surface area contributed by atoms with Gasteiger partial charge in [0.2, 0.25) is 0 Å². The highest BCUT2D eigenvalue weighted by Crippen LogP contribution is 2.22. The minimum absolute atomic E-state index is 0.104. The highest BCUT2D eigenvalue weighted by Gasteiger charge is 2.37. The van der Waals surface area contributed by atoms with Crippen molar-refractivity contribution >= 4 is 29.0 Å². The Kier molecular flexibility index (Phi) is 7.32. The Morgan fingerprint density at radius 3 is 1.68 bits per heavy atom. The van der Waals surface area contributed by atoms with Gasteiger partial charge < -0.3 is 0 Å². The summed E-state index contributed by atoms with van der Waals surface area (Å²) in [5, 5.41) is 0. The second-order valence-electron chi connectivity index (χ2n) is 6.21. The summed E-state index contributed by atoms with van der Waals surface area (Å²) in [7, 11) is 0. The second-order valence-corrected chi connectivity index (χ2v) is 6.83. The van der Waals surface area contributed by atoms with Gasteiger partial charge in [0.1, 0.15) is 12.3 Å². The van der Waals surface area contributed by atoms with Crippen molar-refractivity contribution in [3.8, 4) is 0 Å². The van der Waals surface area contributed by atoms with Gasteiger partial charge >= 0.3 is 0 Å². The van der Waals surface area contributed by atoms with Crippen molar-refractivity contribution in [3.05, 3.63) is 0 Å². The largest absolute Gasteiger partial charge is 0.296 e. The van der Waals surface area contributed by atoms with Crippen molar-refractivity contribution in [2.45, 2.75) is 50.1 Å². The van der Waals surface area contributed by atoms with E-state index in [-0.39, 0.29) is 30.6 Å². The van der Waals surface area contributed by atoms with Crippen LogP contribution in [0.1, 0.15) is 25.7 Å². The average Bonchev–Trinajstić information content (AvgIpc) is 2.49. The Balaban J connectivity index is 2.04. The van der Waals surface area contributed by atoms with Crippen LogP contribution in [-0.4, -0.2) is 77.9 Å². The molecule has 0 radical (unpaired) electrons. The SMILES string of the molecule is O=C(C(CCl)N1CCCC(F)C1)C(CCl)N1CCCC(F)C1. The number of hydrogen-bond acceptors (Lipinski definition) is 3. The number of likely N-dealkylation sites (tertiary alicyclic amines) is 2. The molecule has 2 fully saturated rings. The van der Waals surface area contributed by atoms with Gasteiger partial charge in [-0.05, 0) is 38.8 Å². The molecule has 0 N–H and O–H groups in total. The number of nitrogens with zero attached hydrogens (tertiary/aromatic N) is 2. The summed E-state index contributed by atoms with van der Waals surface area (Å²) in [6.07, 6.45) is 0.703. The number of carbonyl (C=O) groups is 1. The minimum atomic E-state index is -0.910. The summed E-state index contributed by atoms with van der Waals surface area (Å²) >= 11 is 12.0. The maximum atomic E-state index is 13.6. The number of carbonyl (C=O) groups excluding carboxylic acids is 1. The number of hydrogen-bond donors (Lipinski definition) is 0. The molecule has 0 aromatic heterocycles. The minimum Gasteiger partial charge on any atom is -0.296 e. The van der Waals surface area contributed by atoms with Gasteiger partial charge in [-0.25, -0.2) is 8.78 Å². The van der Waals surface area contributed by atoms with E-state index in [1.807, 2.05) is 9.80 Å². The highest BCUT2D eigenvalue weighted by molar-refractivity contribution is 6.22. The zero-order chi connectivity index (χ0) is 16.1. The molecule has 0 aromatic carbocycles. The Bertz CT molecular complexity index is 343. The van der Waals surface area contributed by atoms with Crippen molar-refractivity contribution in [1.82, 2.24) is 9.80 Å². The molecule has 3 nitrogen and oxygen atoms in total. The number of halogens is 4. The lowest BCUT2D eigenvalue weighted by atomic mass is 9.99. The third-order valence-electron chi connectivity index (χ3n) is 4.62. The summed E-state index contributed by atoms with van der Waals surface area (Å²) in [6.45, 7) is 1.82. The van der Waals surface area contributed by atoms with Gasteiger partial charge in [0, 0.05) is 24.8 Å². The second kappa shape index (κ2) is 8.76. The highest BCUT2D eigenvalue weighted by atomic mass is 35.5. The Hall–Kier alpha value is 0.0300. The normalized spacial score (nSPS) is 30.9. The van der Waals surface area contributed by atoms with Crippen LogP contribution >= 0.6 is 23.2 Å². The Labute approximate surface area is 140 Å². The predicted octanol–water partition coefficient (Wildman–Crippen LogP) is 2.64.